The smallest absolute Gasteiger partial charge is 0.271 e. The highest BCUT2D eigenvalue weighted by Crippen LogP contribution is 2.42. The average Bonchev–Trinajstić information content (AvgIpc) is 4.23. The fraction of sp³-hybridized carbons (Fsp3) is 0.239. The standard InChI is InChI=1S/C46H39N13O8S6/c1-18-31(61)12-59-36(18)45-57-30(17-72-45)43-54-26(13-70-43)35-22(7-8-23(51-35)42-55-27(14-71-42)37(48)63)41-56-29(16-69-41)39(65)52-24(10-32(47)62)44-58-34(19(2)73-44)40(66)49-11-33-50-28(15-68-33)38(64)53-25(46(59)67)9-20-3-5-21(60)6-4-20/h3-8,13-18,24-25,31,36,60-61H,9-12H2,1-2H3,(H2,47,62)(H2,48,63)(H,49,66)(H,52,65)(H,53,64)/t18-,24-,25-,31-,36-/m0/s1. The molecular formula is C46H39N13O8S6. The topological polar surface area (TPSA) is 324 Å². The molecule has 8 aromatic rings. The van der Waals surface area contributed by atoms with Crippen molar-refractivity contribution in [3.05, 3.63) is 112 Å². The van der Waals surface area contributed by atoms with Crippen LogP contribution in [0, 0.1) is 12.8 Å². The molecule has 2 aliphatic rings. The molecule has 73 heavy (non-hydrogen) atoms. The fourth-order valence-electron chi connectivity index (χ4n) is 8.18. The Balaban J connectivity index is 1.05. The van der Waals surface area contributed by atoms with Gasteiger partial charge in [-0.05, 0) is 36.8 Å². The van der Waals surface area contributed by atoms with Crippen LogP contribution in [0.25, 0.3) is 43.4 Å². The molecule has 372 valence electrons. The Morgan fingerprint density at radius 3 is 2.12 bits per heavy atom. The number of carbonyl (C=O) groups excluding carboxylic acids is 6. The predicted molar refractivity (Wildman–Crippen MR) is 274 cm³/mol. The van der Waals surface area contributed by atoms with Gasteiger partial charge < -0.3 is 42.5 Å². The Morgan fingerprint density at radius 1 is 0.699 bits per heavy atom. The number of fused-ring (bicyclic) bond motifs is 16. The molecule has 6 amide bonds. The van der Waals surface area contributed by atoms with E-state index in [0.29, 0.717) is 63.8 Å². The molecule has 2 aliphatic heterocycles. The fourth-order valence-corrected chi connectivity index (χ4v) is 13.3. The Kier molecular flexibility index (Phi) is 13.7. The first-order chi connectivity index (χ1) is 35.1. The molecule has 0 saturated carbocycles. The summed E-state index contributed by atoms with van der Waals surface area (Å²) in [5.74, 6) is -4.21. The summed E-state index contributed by atoms with van der Waals surface area (Å²) in [6, 6.07) is 6.86. The van der Waals surface area contributed by atoms with Crippen molar-refractivity contribution in [3.63, 3.8) is 0 Å². The lowest BCUT2D eigenvalue weighted by Crippen LogP contribution is -2.50. The maximum Gasteiger partial charge on any atom is 0.271 e. The third kappa shape index (κ3) is 10.2. The van der Waals surface area contributed by atoms with Gasteiger partial charge in [0, 0.05) is 56.2 Å². The highest BCUT2D eigenvalue weighted by atomic mass is 32.1. The van der Waals surface area contributed by atoms with E-state index in [1.165, 1.54) is 61.8 Å². The minimum absolute atomic E-state index is 0.000629. The minimum atomic E-state index is -1.15. The third-order valence-corrected chi connectivity index (χ3v) is 17.3. The third-order valence-electron chi connectivity index (χ3n) is 11.9. The van der Waals surface area contributed by atoms with Crippen LogP contribution in [-0.2, 0) is 22.6 Å². The second-order valence-electron chi connectivity index (χ2n) is 16.9. The number of aromatic hydroxyl groups is 1. The van der Waals surface area contributed by atoms with Gasteiger partial charge in [0.05, 0.1) is 36.8 Å². The largest absolute Gasteiger partial charge is 0.508 e. The van der Waals surface area contributed by atoms with Crippen LogP contribution >= 0.6 is 68.0 Å². The monoisotopic (exact) mass is 1090 g/mol. The molecule has 5 atom stereocenters. The van der Waals surface area contributed by atoms with Crippen LogP contribution in [0.15, 0.2) is 63.3 Å². The molecule has 0 spiro atoms. The van der Waals surface area contributed by atoms with Crippen LogP contribution in [-0.4, -0.2) is 104 Å². The Bertz CT molecular complexity index is 3470. The number of amides is 6. The maximum atomic E-state index is 14.8. The van der Waals surface area contributed by atoms with Crippen molar-refractivity contribution in [2.45, 2.75) is 57.5 Å². The van der Waals surface area contributed by atoms with Gasteiger partial charge in [-0.15, -0.1) is 68.0 Å². The van der Waals surface area contributed by atoms with Gasteiger partial charge in [-0.1, -0.05) is 19.1 Å². The van der Waals surface area contributed by atoms with E-state index in [1.807, 2.05) is 12.3 Å². The van der Waals surface area contributed by atoms with Crippen molar-refractivity contribution in [2.75, 3.05) is 6.54 Å². The number of phenols is 1. The number of primary amides is 2. The molecule has 10 bridgehead atoms. The summed E-state index contributed by atoms with van der Waals surface area (Å²) in [5, 5.41) is 40.5. The van der Waals surface area contributed by atoms with Crippen LogP contribution < -0.4 is 27.4 Å². The summed E-state index contributed by atoms with van der Waals surface area (Å²) >= 11 is 7.14. The zero-order valence-electron chi connectivity index (χ0n) is 38.1. The van der Waals surface area contributed by atoms with E-state index in [2.05, 4.69) is 35.9 Å². The van der Waals surface area contributed by atoms with Gasteiger partial charge in [0.1, 0.15) is 81.7 Å². The molecule has 1 fully saturated rings. The van der Waals surface area contributed by atoms with E-state index in [-0.39, 0.29) is 59.5 Å². The number of phenolic OH excluding ortho intramolecular Hbond substituents is 1. The lowest BCUT2D eigenvalue weighted by molar-refractivity contribution is -0.134. The number of benzene rings is 1. The number of nitrogens with one attached hydrogen (secondary N) is 3. The van der Waals surface area contributed by atoms with E-state index in [0.717, 1.165) is 34.0 Å². The van der Waals surface area contributed by atoms with Crippen molar-refractivity contribution in [2.24, 2.45) is 17.4 Å². The first kappa shape index (κ1) is 49.3. The summed E-state index contributed by atoms with van der Waals surface area (Å²) in [7, 11) is 0. The second-order valence-corrected chi connectivity index (χ2v) is 22.5. The molecule has 27 heteroatoms. The lowest BCUT2D eigenvalue weighted by atomic mass is 10.0. The summed E-state index contributed by atoms with van der Waals surface area (Å²) < 4.78 is 0. The summed E-state index contributed by atoms with van der Waals surface area (Å²) in [6.45, 7) is 3.37. The van der Waals surface area contributed by atoms with Crippen LogP contribution in [0.3, 0.4) is 0 Å². The SMILES string of the molecule is Cc1sc2nc1C(=O)NCc1nc(cs1)C(=O)N[C@@H](Cc1ccc(O)cc1)C(=O)N1C[C@H](O)[C@H](C)[C@H]1c1nc(cs1)-c1nc(cs1)-c1nc(-c3nc(C(N)=O)cs3)ccc1-c1nc(cs1)C(=O)N[C@H]2CC(N)=O. The highest BCUT2D eigenvalue weighted by Gasteiger charge is 2.45. The number of nitrogens with zero attached hydrogens (tertiary/aromatic N) is 8. The molecule has 0 unspecified atom stereocenters. The van der Waals surface area contributed by atoms with Crippen LogP contribution in [0.4, 0.5) is 0 Å². The number of hydrogen-bond acceptors (Lipinski definition) is 21. The summed E-state index contributed by atoms with van der Waals surface area (Å²) in [5.41, 5.74) is 14.1. The molecule has 0 radical (unpaired) electrons. The molecule has 1 aromatic carbocycles. The van der Waals surface area contributed by atoms with Gasteiger partial charge in [0.15, 0.2) is 0 Å². The number of thiazole rings is 6. The molecule has 7 aromatic heterocycles. The van der Waals surface area contributed by atoms with Gasteiger partial charge in [-0.2, -0.15) is 0 Å². The van der Waals surface area contributed by atoms with Gasteiger partial charge in [0.2, 0.25) is 11.8 Å². The quantitative estimate of drug-likeness (QED) is 0.114. The molecule has 9 N–H and O–H groups in total. The van der Waals surface area contributed by atoms with E-state index >= 15 is 0 Å². The van der Waals surface area contributed by atoms with E-state index in [1.54, 1.807) is 41.9 Å². The van der Waals surface area contributed by atoms with Crippen LogP contribution in [0.1, 0.15) is 92.8 Å². The predicted octanol–water partition coefficient (Wildman–Crippen LogP) is 5.11. The molecule has 0 aliphatic carbocycles. The average molecular weight is 1090 g/mol. The van der Waals surface area contributed by atoms with Crippen LogP contribution in [0.2, 0.25) is 0 Å². The Labute approximate surface area is 437 Å². The number of aromatic nitrogens is 7. The molecular weight excluding hydrogens is 1050 g/mol. The highest BCUT2D eigenvalue weighted by molar-refractivity contribution is 7.15. The second kappa shape index (κ2) is 20.3. The van der Waals surface area contributed by atoms with Gasteiger partial charge in [-0.3, -0.25) is 28.8 Å². The van der Waals surface area contributed by atoms with Crippen molar-refractivity contribution >= 4 is 103 Å². The number of nitrogens with two attached hydrogens (primary N) is 2. The van der Waals surface area contributed by atoms with E-state index < -0.39 is 65.6 Å². The van der Waals surface area contributed by atoms with Gasteiger partial charge >= 0.3 is 0 Å². The van der Waals surface area contributed by atoms with Crippen molar-refractivity contribution in [1.29, 1.82) is 0 Å². The molecule has 9 heterocycles. The van der Waals surface area contributed by atoms with Crippen molar-refractivity contribution in [1.82, 2.24) is 55.7 Å². The number of rotatable bonds is 6. The maximum absolute atomic E-state index is 14.8. The number of aryl methyl sites for hydroxylation is 1. The van der Waals surface area contributed by atoms with E-state index in [4.69, 9.17) is 26.4 Å². The minimum Gasteiger partial charge on any atom is -0.508 e. The lowest BCUT2D eigenvalue weighted by Gasteiger charge is -2.29. The number of aliphatic hydroxyl groups is 1. The Hall–Kier alpha value is -7.27. The van der Waals surface area contributed by atoms with Crippen LogP contribution in [0.5, 0.6) is 5.75 Å². The first-order valence-electron chi connectivity index (χ1n) is 22.1. The summed E-state index contributed by atoms with van der Waals surface area (Å²) in [4.78, 5) is 116. The zero-order valence-corrected chi connectivity index (χ0v) is 43.0. The van der Waals surface area contributed by atoms with Crippen molar-refractivity contribution < 1.29 is 39.0 Å². The number of hydrogen-bond donors (Lipinski definition) is 7. The number of carbonyl (C=O) groups is 6. The molecule has 10 rings (SSSR count). The molecule has 21 nitrogen and oxygen atoms in total. The normalized spacial score (nSPS) is 19.4. The van der Waals surface area contributed by atoms with Gasteiger partial charge in [-0.25, -0.2) is 34.9 Å². The number of aliphatic hydroxyl groups excluding tert-OH is 1. The van der Waals surface area contributed by atoms with E-state index in [9.17, 15) is 39.0 Å². The molecule has 1 saturated heterocycles. The summed E-state index contributed by atoms with van der Waals surface area (Å²) in [6.07, 6.45) is -1.23. The zero-order chi connectivity index (χ0) is 51.2. The number of pyridine rings is 1. The van der Waals surface area contributed by atoms with Gasteiger partial charge in [0.25, 0.3) is 23.6 Å². The Morgan fingerprint density at radius 2 is 1.37 bits per heavy atom. The first-order valence-corrected chi connectivity index (χ1v) is 27.3. The van der Waals surface area contributed by atoms with Crippen molar-refractivity contribution in [3.8, 4) is 49.1 Å².